The average Bonchev–Trinajstić information content (AvgIpc) is 2.62. The van der Waals surface area contributed by atoms with Gasteiger partial charge in [-0.15, -0.1) is 0 Å². The lowest BCUT2D eigenvalue weighted by atomic mass is 9.88. The van der Waals surface area contributed by atoms with E-state index in [1.807, 2.05) is 12.1 Å². The molecular weight excluding hydrogens is 309 g/mol. The minimum absolute atomic E-state index is 0.0608. The van der Waals surface area contributed by atoms with Crippen LogP contribution in [0.1, 0.15) is 23.2 Å². The summed E-state index contributed by atoms with van der Waals surface area (Å²) in [5.41, 5.74) is 2.45. The Morgan fingerprint density at radius 3 is 1.92 bits per heavy atom. The molecule has 1 aliphatic heterocycles. The number of hydrogen-bond donors (Lipinski definition) is 1. The van der Waals surface area contributed by atoms with Gasteiger partial charge >= 0.3 is 6.09 Å². The fourth-order valence-electron chi connectivity index (χ4n) is 3.04. The number of halogens is 1. The molecule has 2 aromatic carbocycles. The van der Waals surface area contributed by atoms with E-state index < -0.39 is 6.09 Å². The number of carboxylic acid groups (broad SMARTS) is 1. The SMILES string of the molecule is O=C(c1ccc(-c2ccc(F)cc2)cc1)C1CCN(C(=O)O)CC1. The maximum absolute atomic E-state index is 13.0. The summed E-state index contributed by atoms with van der Waals surface area (Å²) in [4.78, 5) is 24.8. The Morgan fingerprint density at radius 2 is 1.42 bits per heavy atom. The van der Waals surface area contributed by atoms with Crippen molar-refractivity contribution >= 4 is 11.9 Å². The van der Waals surface area contributed by atoms with Crippen molar-refractivity contribution < 1.29 is 19.1 Å². The number of piperidine rings is 1. The molecular formula is C19H18FNO3. The predicted octanol–water partition coefficient (Wildman–Crippen LogP) is 4.07. The molecule has 1 fully saturated rings. The summed E-state index contributed by atoms with van der Waals surface area (Å²) in [5, 5.41) is 8.95. The lowest BCUT2D eigenvalue weighted by Gasteiger charge is -2.29. The fourth-order valence-corrected chi connectivity index (χ4v) is 3.04. The topological polar surface area (TPSA) is 57.6 Å². The van der Waals surface area contributed by atoms with Gasteiger partial charge in [0.05, 0.1) is 0 Å². The molecule has 5 heteroatoms. The molecule has 0 atom stereocenters. The molecule has 1 aliphatic rings. The molecule has 2 aromatic rings. The highest BCUT2D eigenvalue weighted by Gasteiger charge is 2.27. The Labute approximate surface area is 139 Å². The Kier molecular flexibility index (Phi) is 4.60. The van der Waals surface area contributed by atoms with Gasteiger partial charge in [0.15, 0.2) is 5.78 Å². The summed E-state index contributed by atoms with van der Waals surface area (Å²) in [6, 6.07) is 13.5. The second-order valence-corrected chi connectivity index (χ2v) is 5.99. The van der Waals surface area contributed by atoms with Crippen LogP contribution in [0, 0.1) is 11.7 Å². The van der Waals surface area contributed by atoms with Gasteiger partial charge in [0.1, 0.15) is 5.82 Å². The highest BCUT2D eigenvalue weighted by molar-refractivity contribution is 5.98. The van der Waals surface area contributed by atoms with Crippen LogP contribution >= 0.6 is 0 Å². The molecule has 1 amide bonds. The van der Waals surface area contributed by atoms with E-state index in [-0.39, 0.29) is 17.5 Å². The van der Waals surface area contributed by atoms with Crippen LogP contribution in [-0.4, -0.2) is 35.0 Å². The van der Waals surface area contributed by atoms with Gasteiger partial charge in [0.25, 0.3) is 0 Å². The molecule has 0 bridgehead atoms. The fraction of sp³-hybridized carbons (Fsp3) is 0.263. The van der Waals surface area contributed by atoms with Crippen LogP contribution < -0.4 is 0 Å². The highest BCUT2D eigenvalue weighted by atomic mass is 19.1. The van der Waals surface area contributed by atoms with Crippen molar-refractivity contribution in [1.82, 2.24) is 4.90 Å². The molecule has 0 unspecified atom stereocenters. The average molecular weight is 327 g/mol. The Morgan fingerprint density at radius 1 is 0.917 bits per heavy atom. The summed E-state index contributed by atoms with van der Waals surface area (Å²) in [7, 11) is 0. The number of rotatable bonds is 3. The third-order valence-electron chi connectivity index (χ3n) is 4.48. The molecule has 0 saturated carbocycles. The highest BCUT2D eigenvalue weighted by Crippen LogP contribution is 2.24. The van der Waals surface area contributed by atoms with Crippen LogP contribution in [-0.2, 0) is 0 Å². The second kappa shape index (κ2) is 6.83. The number of likely N-dealkylation sites (tertiary alicyclic amines) is 1. The molecule has 0 spiro atoms. The summed E-state index contributed by atoms with van der Waals surface area (Å²) < 4.78 is 13.0. The number of Topliss-reactive ketones (excluding diaryl/α,β-unsaturated/α-hetero) is 1. The first-order valence-corrected chi connectivity index (χ1v) is 7.92. The smallest absolute Gasteiger partial charge is 0.407 e. The predicted molar refractivity (Wildman–Crippen MR) is 88.5 cm³/mol. The van der Waals surface area contributed by atoms with E-state index >= 15 is 0 Å². The van der Waals surface area contributed by atoms with Crippen LogP contribution in [0.25, 0.3) is 11.1 Å². The number of carbonyl (C=O) groups excluding carboxylic acids is 1. The van der Waals surface area contributed by atoms with Gasteiger partial charge in [0.2, 0.25) is 0 Å². The number of ketones is 1. The van der Waals surface area contributed by atoms with Crippen molar-refractivity contribution in [2.75, 3.05) is 13.1 Å². The van der Waals surface area contributed by atoms with Gasteiger partial charge in [-0.25, -0.2) is 9.18 Å². The Bertz CT molecular complexity index is 732. The third-order valence-corrected chi connectivity index (χ3v) is 4.48. The van der Waals surface area contributed by atoms with Crippen LogP contribution in [0.4, 0.5) is 9.18 Å². The van der Waals surface area contributed by atoms with E-state index in [1.54, 1.807) is 24.3 Å². The van der Waals surface area contributed by atoms with E-state index in [4.69, 9.17) is 5.11 Å². The summed E-state index contributed by atoms with van der Waals surface area (Å²) in [6.45, 7) is 0.804. The maximum Gasteiger partial charge on any atom is 0.407 e. The molecule has 0 aliphatic carbocycles. The molecule has 0 aromatic heterocycles. The van der Waals surface area contributed by atoms with E-state index in [9.17, 15) is 14.0 Å². The monoisotopic (exact) mass is 327 g/mol. The molecule has 0 radical (unpaired) electrons. The molecule has 1 saturated heterocycles. The van der Waals surface area contributed by atoms with Crippen LogP contribution in [0.3, 0.4) is 0 Å². The number of benzene rings is 2. The molecule has 3 rings (SSSR count). The largest absolute Gasteiger partial charge is 0.465 e. The van der Waals surface area contributed by atoms with Crippen LogP contribution in [0.15, 0.2) is 48.5 Å². The van der Waals surface area contributed by atoms with Gasteiger partial charge < -0.3 is 10.0 Å². The van der Waals surface area contributed by atoms with Crippen molar-refractivity contribution in [3.8, 4) is 11.1 Å². The number of carbonyl (C=O) groups is 2. The van der Waals surface area contributed by atoms with Crippen molar-refractivity contribution in [3.63, 3.8) is 0 Å². The van der Waals surface area contributed by atoms with Crippen LogP contribution in [0.2, 0.25) is 0 Å². The van der Waals surface area contributed by atoms with Gasteiger partial charge in [-0.1, -0.05) is 36.4 Å². The van der Waals surface area contributed by atoms with E-state index in [1.165, 1.54) is 17.0 Å². The van der Waals surface area contributed by atoms with Crippen molar-refractivity contribution in [2.45, 2.75) is 12.8 Å². The quantitative estimate of drug-likeness (QED) is 0.865. The second-order valence-electron chi connectivity index (χ2n) is 5.99. The van der Waals surface area contributed by atoms with Gasteiger partial charge in [-0.2, -0.15) is 0 Å². The Hall–Kier alpha value is -2.69. The zero-order valence-corrected chi connectivity index (χ0v) is 13.1. The first kappa shape index (κ1) is 16.2. The van der Waals surface area contributed by atoms with Gasteiger partial charge in [-0.3, -0.25) is 4.79 Å². The van der Waals surface area contributed by atoms with Crippen molar-refractivity contribution in [1.29, 1.82) is 0 Å². The van der Waals surface area contributed by atoms with Gasteiger partial charge in [0, 0.05) is 24.6 Å². The lowest BCUT2D eigenvalue weighted by molar-refractivity contribution is 0.0821. The number of amides is 1. The van der Waals surface area contributed by atoms with E-state index in [2.05, 4.69) is 0 Å². The molecule has 4 nitrogen and oxygen atoms in total. The van der Waals surface area contributed by atoms with Crippen LogP contribution in [0.5, 0.6) is 0 Å². The summed E-state index contributed by atoms with van der Waals surface area (Å²) in [6.07, 6.45) is 0.194. The number of hydrogen-bond acceptors (Lipinski definition) is 2. The van der Waals surface area contributed by atoms with Crippen molar-refractivity contribution in [2.24, 2.45) is 5.92 Å². The maximum atomic E-state index is 13.0. The summed E-state index contributed by atoms with van der Waals surface area (Å²) in [5.74, 6) is -0.346. The normalized spacial score (nSPS) is 15.3. The van der Waals surface area contributed by atoms with E-state index in [0.29, 0.717) is 31.5 Å². The molecule has 24 heavy (non-hydrogen) atoms. The molecule has 1 heterocycles. The molecule has 124 valence electrons. The first-order chi connectivity index (χ1) is 11.5. The standard InChI is InChI=1S/C19H18FNO3/c20-17-7-5-14(6-8-17)13-1-3-15(4-2-13)18(22)16-9-11-21(12-10-16)19(23)24/h1-8,16H,9-12H2,(H,23,24). The minimum Gasteiger partial charge on any atom is -0.465 e. The van der Waals surface area contributed by atoms with E-state index in [0.717, 1.165) is 11.1 Å². The van der Waals surface area contributed by atoms with Gasteiger partial charge in [-0.05, 0) is 36.1 Å². The summed E-state index contributed by atoms with van der Waals surface area (Å²) >= 11 is 0. The number of nitrogens with zero attached hydrogens (tertiary/aromatic N) is 1. The minimum atomic E-state index is -0.926. The lowest BCUT2D eigenvalue weighted by Crippen LogP contribution is -2.39. The zero-order valence-electron chi connectivity index (χ0n) is 13.1. The molecule has 1 N–H and O–H groups in total. The first-order valence-electron chi connectivity index (χ1n) is 7.92. The Balaban J connectivity index is 1.68. The third kappa shape index (κ3) is 3.45. The van der Waals surface area contributed by atoms with Crippen molar-refractivity contribution in [3.05, 3.63) is 59.9 Å². The zero-order chi connectivity index (χ0) is 17.1.